The second-order valence-electron chi connectivity index (χ2n) is 5.52. The first kappa shape index (κ1) is 14.1. The van der Waals surface area contributed by atoms with Crippen molar-refractivity contribution in [2.75, 3.05) is 25.4 Å². The smallest absolute Gasteiger partial charge is 0.266 e. The molecule has 2 bridgehead atoms. The van der Waals surface area contributed by atoms with E-state index in [1.165, 1.54) is 31.6 Å². The van der Waals surface area contributed by atoms with Gasteiger partial charge in [-0.3, -0.25) is 5.10 Å². The maximum absolute atomic E-state index is 12.0. The number of thioether (sulfide) groups is 1. The van der Waals surface area contributed by atoms with E-state index in [-0.39, 0.29) is 0 Å². The molecule has 3 fully saturated rings. The number of allylic oxidation sites excluding steroid dienone is 1. The van der Waals surface area contributed by atoms with Crippen molar-refractivity contribution in [3.8, 4) is 0 Å². The maximum Gasteiger partial charge on any atom is 0.266 e. The van der Waals surface area contributed by atoms with Crippen LogP contribution in [0.4, 0.5) is 8.78 Å². The molecule has 3 aliphatic heterocycles. The standard InChI is InChI=1S/C14H19F2N3S/c15-13(16)2-1-7-20-12-8-17-18-14(12)11-9-19-5-3-10(11)4-6-19/h2,8,10-11H,1,3-7,9H2,(H,17,18). The Balaban J connectivity index is 1.63. The van der Waals surface area contributed by atoms with Crippen molar-refractivity contribution in [1.29, 1.82) is 0 Å². The van der Waals surface area contributed by atoms with E-state index in [0.717, 1.165) is 23.4 Å². The van der Waals surface area contributed by atoms with Gasteiger partial charge in [0, 0.05) is 23.1 Å². The first-order chi connectivity index (χ1) is 9.74. The molecule has 3 aliphatic rings. The largest absolute Gasteiger partial charge is 0.303 e. The fourth-order valence-corrected chi connectivity index (χ4v) is 4.23. The predicted molar refractivity (Wildman–Crippen MR) is 76.1 cm³/mol. The zero-order valence-electron chi connectivity index (χ0n) is 11.3. The van der Waals surface area contributed by atoms with E-state index in [1.54, 1.807) is 11.8 Å². The van der Waals surface area contributed by atoms with E-state index >= 15 is 0 Å². The van der Waals surface area contributed by atoms with Crippen LogP contribution < -0.4 is 0 Å². The summed E-state index contributed by atoms with van der Waals surface area (Å²) in [4.78, 5) is 3.65. The number of aromatic nitrogens is 2. The Morgan fingerprint density at radius 3 is 2.90 bits per heavy atom. The summed E-state index contributed by atoms with van der Waals surface area (Å²) in [5.74, 6) is 1.96. The first-order valence-electron chi connectivity index (χ1n) is 7.13. The molecule has 4 heterocycles. The SMILES string of the molecule is FC(F)=CCCSc1cn[nH]c1C1CN2CCC1CC2. The summed E-state index contributed by atoms with van der Waals surface area (Å²) in [6, 6.07) is 0. The highest BCUT2D eigenvalue weighted by molar-refractivity contribution is 7.99. The summed E-state index contributed by atoms with van der Waals surface area (Å²) in [6.07, 6.45) is 4.18. The van der Waals surface area contributed by atoms with Crippen LogP contribution >= 0.6 is 11.8 Å². The lowest BCUT2D eigenvalue weighted by atomic mass is 9.77. The van der Waals surface area contributed by atoms with Crippen molar-refractivity contribution in [2.45, 2.75) is 30.1 Å². The number of nitrogens with one attached hydrogen (secondary N) is 1. The fourth-order valence-electron chi connectivity index (χ4n) is 3.29. The molecular weight excluding hydrogens is 280 g/mol. The first-order valence-corrected chi connectivity index (χ1v) is 8.12. The van der Waals surface area contributed by atoms with Gasteiger partial charge in [0.15, 0.2) is 0 Å². The molecule has 1 N–H and O–H groups in total. The highest BCUT2D eigenvalue weighted by Gasteiger charge is 2.36. The predicted octanol–water partition coefficient (Wildman–Crippen LogP) is 3.48. The van der Waals surface area contributed by atoms with Crippen LogP contribution in [0.3, 0.4) is 0 Å². The van der Waals surface area contributed by atoms with Gasteiger partial charge in [0.25, 0.3) is 6.08 Å². The van der Waals surface area contributed by atoms with Crippen molar-refractivity contribution >= 4 is 11.8 Å². The third-order valence-electron chi connectivity index (χ3n) is 4.33. The minimum atomic E-state index is -1.59. The molecule has 0 aromatic carbocycles. The van der Waals surface area contributed by atoms with Gasteiger partial charge in [0.05, 0.1) is 11.9 Å². The summed E-state index contributed by atoms with van der Waals surface area (Å²) < 4.78 is 24.0. The lowest BCUT2D eigenvalue weighted by molar-refractivity contribution is 0.0844. The summed E-state index contributed by atoms with van der Waals surface area (Å²) in [7, 11) is 0. The quantitative estimate of drug-likeness (QED) is 0.667. The molecule has 1 unspecified atom stereocenters. The molecule has 20 heavy (non-hydrogen) atoms. The molecule has 0 aliphatic carbocycles. The number of rotatable bonds is 5. The zero-order valence-corrected chi connectivity index (χ0v) is 12.1. The van der Waals surface area contributed by atoms with E-state index in [1.807, 2.05) is 6.20 Å². The number of hydrogen-bond acceptors (Lipinski definition) is 3. The monoisotopic (exact) mass is 299 g/mol. The number of halogens is 2. The molecule has 0 saturated carbocycles. The van der Waals surface area contributed by atoms with E-state index in [2.05, 4.69) is 15.1 Å². The van der Waals surface area contributed by atoms with Gasteiger partial charge in [-0.2, -0.15) is 13.9 Å². The van der Waals surface area contributed by atoms with Gasteiger partial charge in [0.1, 0.15) is 0 Å². The minimum absolute atomic E-state index is 0.401. The Morgan fingerprint density at radius 2 is 2.25 bits per heavy atom. The average Bonchev–Trinajstić information content (AvgIpc) is 2.93. The van der Waals surface area contributed by atoms with Crippen LogP contribution in [0.25, 0.3) is 0 Å². The van der Waals surface area contributed by atoms with E-state index in [0.29, 0.717) is 18.1 Å². The molecule has 110 valence electrons. The van der Waals surface area contributed by atoms with Gasteiger partial charge in [-0.15, -0.1) is 11.8 Å². The van der Waals surface area contributed by atoms with Crippen molar-refractivity contribution in [3.05, 3.63) is 24.0 Å². The Hall–Kier alpha value is -0.880. The third-order valence-corrected chi connectivity index (χ3v) is 5.41. The lowest BCUT2D eigenvalue weighted by Crippen LogP contribution is -2.46. The number of nitrogens with zero attached hydrogens (tertiary/aromatic N) is 2. The van der Waals surface area contributed by atoms with E-state index in [4.69, 9.17) is 0 Å². The van der Waals surface area contributed by atoms with Crippen LogP contribution in [0.1, 0.15) is 30.9 Å². The van der Waals surface area contributed by atoms with Crippen LogP contribution in [-0.2, 0) is 0 Å². The second-order valence-corrected chi connectivity index (χ2v) is 6.66. The van der Waals surface area contributed by atoms with E-state index in [9.17, 15) is 8.78 Å². The van der Waals surface area contributed by atoms with E-state index < -0.39 is 6.08 Å². The number of H-pyrrole nitrogens is 1. The Bertz CT molecular complexity index is 477. The van der Waals surface area contributed by atoms with Gasteiger partial charge < -0.3 is 4.90 Å². The molecule has 1 aromatic rings. The average molecular weight is 299 g/mol. The van der Waals surface area contributed by atoms with Gasteiger partial charge in [-0.25, -0.2) is 0 Å². The zero-order chi connectivity index (χ0) is 13.9. The third kappa shape index (κ3) is 3.06. The molecule has 0 spiro atoms. The lowest BCUT2D eigenvalue weighted by Gasteiger charge is -2.44. The summed E-state index contributed by atoms with van der Waals surface area (Å²) in [5.41, 5.74) is 1.22. The molecule has 3 nitrogen and oxygen atoms in total. The van der Waals surface area contributed by atoms with Gasteiger partial charge in [0.2, 0.25) is 0 Å². The van der Waals surface area contributed by atoms with Crippen LogP contribution in [0.15, 0.2) is 23.2 Å². The number of aromatic amines is 1. The molecule has 3 saturated heterocycles. The molecule has 6 heteroatoms. The number of hydrogen-bond donors (Lipinski definition) is 1. The van der Waals surface area contributed by atoms with Crippen LogP contribution in [-0.4, -0.2) is 40.5 Å². The highest BCUT2D eigenvalue weighted by Crippen LogP contribution is 2.41. The fraction of sp³-hybridized carbons (Fsp3) is 0.643. The van der Waals surface area contributed by atoms with Gasteiger partial charge in [-0.1, -0.05) is 0 Å². The molecule has 1 aromatic heterocycles. The molecule has 1 atom stereocenters. The van der Waals surface area contributed by atoms with Crippen molar-refractivity contribution in [3.63, 3.8) is 0 Å². The van der Waals surface area contributed by atoms with Gasteiger partial charge in [-0.05, 0) is 44.3 Å². The number of fused-ring (bicyclic) bond motifs is 3. The summed E-state index contributed by atoms with van der Waals surface area (Å²) in [5, 5.41) is 7.32. The molecular formula is C14H19F2N3S. The Kier molecular flexibility index (Phi) is 4.41. The van der Waals surface area contributed by atoms with Crippen molar-refractivity contribution < 1.29 is 8.78 Å². The Labute approximate surface area is 121 Å². The minimum Gasteiger partial charge on any atom is -0.303 e. The molecule has 0 radical (unpaired) electrons. The van der Waals surface area contributed by atoms with Crippen LogP contribution in [0.2, 0.25) is 0 Å². The summed E-state index contributed by atoms with van der Waals surface area (Å²) in [6.45, 7) is 3.55. The van der Waals surface area contributed by atoms with Crippen molar-refractivity contribution in [1.82, 2.24) is 15.1 Å². The van der Waals surface area contributed by atoms with Gasteiger partial charge >= 0.3 is 0 Å². The topological polar surface area (TPSA) is 31.9 Å². The maximum atomic E-state index is 12.0. The molecule has 0 amide bonds. The van der Waals surface area contributed by atoms with Crippen LogP contribution in [0.5, 0.6) is 0 Å². The second kappa shape index (κ2) is 6.26. The summed E-state index contributed by atoms with van der Waals surface area (Å²) >= 11 is 1.63. The Morgan fingerprint density at radius 1 is 1.45 bits per heavy atom. The van der Waals surface area contributed by atoms with Crippen LogP contribution in [0, 0.1) is 5.92 Å². The number of piperidine rings is 3. The van der Waals surface area contributed by atoms with Crippen molar-refractivity contribution in [2.24, 2.45) is 5.92 Å². The highest BCUT2D eigenvalue weighted by atomic mass is 32.2. The normalized spacial score (nSPS) is 28.6. The molecule has 4 rings (SSSR count).